The van der Waals surface area contributed by atoms with Crippen molar-refractivity contribution in [3.63, 3.8) is 0 Å². The lowest BCUT2D eigenvalue weighted by Crippen LogP contribution is -2.10. The maximum Gasteiger partial charge on any atom is 0.166 e. The lowest BCUT2D eigenvalue weighted by molar-refractivity contribution is 0.227. The number of anilines is 1. The predicted octanol–water partition coefficient (Wildman–Crippen LogP) is 6.12. The minimum absolute atomic E-state index is 0.131. The maximum atomic E-state index is 14.5. The fourth-order valence-corrected chi connectivity index (χ4v) is 6.09. The minimum atomic E-state index is -0.462. The van der Waals surface area contributed by atoms with E-state index in [4.69, 9.17) is 15.6 Å². The second kappa shape index (κ2) is 7.43. The molecule has 2 aliphatic rings. The van der Waals surface area contributed by atoms with E-state index in [1.165, 1.54) is 34.3 Å². The SMILES string of the molecule is Cc1ccc2c(c1)c1c3n2CC[C@@H]3c2cn(C)nc2-c2ccc(F)cc2[C@@H](C)Oc2cc-1cnc2N. The summed E-state index contributed by atoms with van der Waals surface area (Å²) in [4.78, 5) is 4.52. The molecule has 0 amide bonds. The number of nitrogens with zero attached hydrogens (tertiary/aromatic N) is 4. The van der Waals surface area contributed by atoms with Gasteiger partial charge in [-0.1, -0.05) is 11.6 Å². The number of halogens is 1. The highest BCUT2D eigenvalue weighted by molar-refractivity contribution is 6.00. The summed E-state index contributed by atoms with van der Waals surface area (Å²) >= 11 is 0. The predicted molar refractivity (Wildman–Crippen MR) is 138 cm³/mol. The van der Waals surface area contributed by atoms with Gasteiger partial charge in [-0.15, -0.1) is 0 Å². The molecule has 0 saturated heterocycles. The summed E-state index contributed by atoms with van der Waals surface area (Å²) in [6.45, 7) is 4.94. The molecule has 2 bridgehead atoms. The van der Waals surface area contributed by atoms with Crippen LogP contribution in [0.25, 0.3) is 33.3 Å². The molecule has 6 nitrogen and oxygen atoms in total. The van der Waals surface area contributed by atoms with Crippen LogP contribution >= 0.6 is 0 Å². The summed E-state index contributed by atoms with van der Waals surface area (Å²) in [6, 6.07) is 13.5. The van der Waals surface area contributed by atoms with Crippen molar-refractivity contribution in [1.29, 1.82) is 0 Å². The quantitative estimate of drug-likeness (QED) is 0.290. The first-order valence-electron chi connectivity index (χ1n) is 12.3. The lowest BCUT2D eigenvalue weighted by Gasteiger charge is -2.22. The summed E-state index contributed by atoms with van der Waals surface area (Å²) in [6.07, 6.45) is 4.45. The first-order chi connectivity index (χ1) is 17.4. The van der Waals surface area contributed by atoms with Gasteiger partial charge in [0.2, 0.25) is 0 Å². The molecule has 7 heteroatoms. The number of ether oxygens (including phenoxy) is 1. The molecular formula is C29H26FN5O. The number of fused-ring (bicyclic) bond motifs is 10. The molecule has 2 atom stereocenters. The lowest BCUT2D eigenvalue weighted by atomic mass is 9.87. The molecule has 5 aromatic rings. The monoisotopic (exact) mass is 479 g/mol. The third kappa shape index (κ3) is 2.95. The summed E-state index contributed by atoms with van der Waals surface area (Å²) < 4.78 is 25.1. The molecule has 2 aromatic carbocycles. The Morgan fingerprint density at radius 1 is 1.11 bits per heavy atom. The van der Waals surface area contributed by atoms with Gasteiger partial charge in [-0.25, -0.2) is 9.37 Å². The molecule has 0 unspecified atom stereocenters. The van der Waals surface area contributed by atoms with Crippen LogP contribution in [0.4, 0.5) is 10.2 Å². The van der Waals surface area contributed by atoms with E-state index in [2.05, 4.69) is 40.9 Å². The zero-order valence-electron chi connectivity index (χ0n) is 20.4. The van der Waals surface area contributed by atoms with Gasteiger partial charge in [-0.05, 0) is 56.7 Å². The third-order valence-corrected chi connectivity index (χ3v) is 7.64. The van der Waals surface area contributed by atoms with Gasteiger partial charge in [0, 0.05) is 76.3 Å². The molecule has 36 heavy (non-hydrogen) atoms. The molecule has 2 aliphatic heterocycles. The molecule has 0 aliphatic carbocycles. The number of nitrogen functional groups attached to an aromatic ring is 1. The van der Waals surface area contributed by atoms with Gasteiger partial charge >= 0.3 is 0 Å². The standard InChI is InChI=1S/C29H26FN5O/c1-15-4-7-24-22(10-15)26-17-11-25(29(31)32-13-17)36-16(2)21-12-18(30)5-6-19(21)27-23(14-34(3)33-27)20-8-9-35(24)28(20)26/h4-7,10-14,16,20H,8-9H2,1-3H3,(H2,31,32)/t16-,20-/m1/s1. The van der Waals surface area contributed by atoms with Gasteiger partial charge in [0.1, 0.15) is 11.9 Å². The van der Waals surface area contributed by atoms with E-state index >= 15 is 0 Å². The number of nitrogens with two attached hydrogens (primary N) is 1. The maximum absolute atomic E-state index is 14.5. The van der Waals surface area contributed by atoms with Crippen molar-refractivity contribution in [1.82, 2.24) is 19.3 Å². The van der Waals surface area contributed by atoms with Crippen LogP contribution in [0, 0.1) is 12.7 Å². The summed E-state index contributed by atoms with van der Waals surface area (Å²) in [5, 5.41) is 6.09. The Kier molecular flexibility index (Phi) is 4.37. The number of benzene rings is 2. The Morgan fingerprint density at radius 2 is 1.97 bits per heavy atom. The van der Waals surface area contributed by atoms with Crippen molar-refractivity contribution in [2.24, 2.45) is 7.05 Å². The van der Waals surface area contributed by atoms with E-state index in [0.29, 0.717) is 11.6 Å². The number of aryl methyl sites for hydroxylation is 3. The summed E-state index contributed by atoms with van der Waals surface area (Å²) in [7, 11) is 1.94. The van der Waals surface area contributed by atoms with Crippen LogP contribution in [0.2, 0.25) is 0 Å². The van der Waals surface area contributed by atoms with E-state index < -0.39 is 6.10 Å². The van der Waals surface area contributed by atoms with Crippen LogP contribution in [0.1, 0.15) is 47.8 Å². The molecule has 0 saturated carbocycles. The van der Waals surface area contributed by atoms with Gasteiger partial charge in [0.25, 0.3) is 0 Å². The molecule has 2 N–H and O–H groups in total. The highest BCUT2D eigenvalue weighted by Crippen LogP contribution is 2.49. The van der Waals surface area contributed by atoms with Crippen LogP contribution in [0.3, 0.4) is 0 Å². The first-order valence-corrected chi connectivity index (χ1v) is 12.3. The first kappa shape index (κ1) is 21.2. The largest absolute Gasteiger partial charge is 0.482 e. The van der Waals surface area contributed by atoms with Gasteiger partial charge in [-0.2, -0.15) is 5.10 Å². The Labute approximate surface area is 208 Å². The number of aromatic nitrogens is 4. The molecule has 7 rings (SSSR count). The molecule has 0 spiro atoms. The van der Waals surface area contributed by atoms with Crippen LogP contribution in [0.15, 0.2) is 54.9 Å². The average Bonchev–Trinajstić information content (AvgIpc) is 3.52. The van der Waals surface area contributed by atoms with Gasteiger partial charge in [0.15, 0.2) is 11.6 Å². The zero-order valence-corrected chi connectivity index (χ0v) is 20.4. The van der Waals surface area contributed by atoms with Crippen LogP contribution in [-0.4, -0.2) is 19.3 Å². The molecule has 180 valence electrons. The van der Waals surface area contributed by atoms with Crippen molar-refractivity contribution in [2.45, 2.75) is 38.8 Å². The fourth-order valence-electron chi connectivity index (χ4n) is 6.09. The second-order valence-electron chi connectivity index (χ2n) is 9.98. The molecule has 0 fully saturated rings. The van der Waals surface area contributed by atoms with Crippen molar-refractivity contribution >= 4 is 16.7 Å². The molecule has 5 heterocycles. The molecular weight excluding hydrogens is 453 g/mol. The van der Waals surface area contributed by atoms with Gasteiger partial charge in [0.05, 0.1) is 5.69 Å². The Hall–Kier alpha value is -4.13. The summed E-state index contributed by atoms with van der Waals surface area (Å²) in [5.74, 6) is 0.623. The van der Waals surface area contributed by atoms with E-state index in [0.717, 1.165) is 46.5 Å². The van der Waals surface area contributed by atoms with Crippen molar-refractivity contribution in [2.75, 3.05) is 5.73 Å². The normalized spacial score (nSPS) is 18.1. The Balaban J connectivity index is 1.62. The van der Waals surface area contributed by atoms with Crippen molar-refractivity contribution in [3.8, 4) is 28.1 Å². The van der Waals surface area contributed by atoms with E-state index in [1.54, 1.807) is 0 Å². The van der Waals surface area contributed by atoms with Crippen LogP contribution < -0.4 is 10.5 Å². The van der Waals surface area contributed by atoms with Gasteiger partial charge < -0.3 is 15.0 Å². The van der Waals surface area contributed by atoms with Crippen molar-refractivity contribution < 1.29 is 9.13 Å². The fraction of sp³-hybridized carbons (Fsp3) is 0.241. The number of pyridine rings is 1. The van der Waals surface area contributed by atoms with E-state index in [-0.39, 0.29) is 11.7 Å². The number of rotatable bonds is 0. The zero-order chi connectivity index (χ0) is 24.7. The van der Waals surface area contributed by atoms with E-state index in [9.17, 15) is 4.39 Å². The third-order valence-electron chi connectivity index (χ3n) is 7.64. The molecule has 0 radical (unpaired) electrons. The van der Waals surface area contributed by atoms with E-state index in [1.807, 2.05) is 37.0 Å². The minimum Gasteiger partial charge on any atom is -0.482 e. The topological polar surface area (TPSA) is 70.9 Å². The summed E-state index contributed by atoms with van der Waals surface area (Å²) in [5.41, 5.74) is 15.7. The average molecular weight is 480 g/mol. The Morgan fingerprint density at radius 3 is 2.83 bits per heavy atom. The van der Waals surface area contributed by atoms with Crippen LogP contribution in [-0.2, 0) is 13.6 Å². The smallest absolute Gasteiger partial charge is 0.166 e. The highest BCUT2D eigenvalue weighted by atomic mass is 19.1. The van der Waals surface area contributed by atoms with Crippen molar-refractivity contribution in [3.05, 3.63) is 83.1 Å². The Bertz CT molecular complexity index is 1700. The molecule has 3 aromatic heterocycles. The van der Waals surface area contributed by atoms with Gasteiger partial charge in [-0.3, -0.25) is 4.68 Å². The second-order valence-corrected chi connectivity index (χ2v) is 9.98. The van der Waals surface area contributed by atoms with Crippen LogP contribution in [0.5, 0.6) is 5.75 Å². The number of hydrogen-bond donors (Lipinski definition) is 1. The number of hydrogen-bond acceptors (Lipinski definition) is 4. The highest BCUT2D eigenvalue weighted by Gasteiger charge is 2.35.